The van der Waals surface area contributed by atoms with E-state index >= 15 is 0 Å². The first kappa shape index (κ1) is 59.6. The maximum Gasteiger partial charge on any atom is 0.469 e. The quantitative estimate of drug-likeness (QED) is 0.0104. The number of carbonyl (C=O) groups excluding carboxylic acids is 10. The Morgan fingerprint density at radius 3 is 1.75 bits per heavy atom. The number of hydrogen-bond donors (Lipinski definition) is 16. The highest BCUT2D eigenvalue weighted by Gasteiger charge is 2.40. The Hall–Kier alpha value is -6.37. The van der Waals surface area contributed by atoms with Crippen LogP contribution >= 0.6 is 7.82 Å². The van der Waals surface area contributed by atoms with Gasteiger partial charge in [-0.3, -0.25) is 57.5 Å². The number of nitrogens with two attached hydrogens (primary N) is 4. The fraction of sp³-hybridized carbons (Fsp3) is 0.667. The number of rotatable bonds is 30. The Kier molecular flexibility index (Phi) is 25.2. The fourth-order valence-electron chi connectivity index (χ4n) is 6.12. The average molecular weight is 996 g/mol. The van der Waals surface area contributed by atoms with Crippen LogP contribution in [0.1, 0.15) is 59.3 Å². The maximum atomic E-state index is 13.6. The number of nitrogens with zero attached hydrogens (tertiary/aromatic N) is 2. The summed E-state index contributed by atoms with van der Waals surface area (Å²) < 4.78 is 16.0. The number of carbonyl (C=O) groups is 11. The molecule has 0 spiro atoms. The second-order valence-electron chi connectivity index (χ2n) is 15.6. The first-order valence-electron chi connectivity index (χ1n) is 20.8. The molecule has 0 aromatic rings. The lowest BCUT2D eigenvalue weighted by molar-refractivity contribution is -0.142. The molecular weight excluding hydrogens is 933 g/mol. The topological polar surface area (TPSA) is 519 Å². The van der Waals surface area contributed by atoms with Gasteiger partial charge in [-0.05, 0) is 38.5 Å². The van der Waals surface area contributed by atoms with E-state index in [1.165, 1.54) is 0 Å². The SMILES string of the molecule is CC(C)[C@@H](C=O)NC(=O)[C@H](CC(N)=O)NC(=O)[C@@H]1CCCN1C(=O)[C@H](C)NC(=O)[C@H](COP(=O)(O)O)NC(=O)[C@H](CO)NC(=O)[C@H](CO)NC(=O)[C@H](CCCN=C(N)N)NC(=O)[C@@H](N)CC(=O)O. The molecule has 0 saturated carbocycles. The van der Waals surface area contributed by atoms with Crippen LogP contribution in [0.5, 0.6) is 0 Å². The molecule has 20 N–H and O–H groups in total. The van der Waals surface area contributed by atoms with Gasteiger partial charge < -0.3 is 95.0 Å². The van der Waals surface area contributed by atoms with Crippen molar-refractivity contribution in [3.8, 4) is 0 Å². The Labute approximate surface area is 388 Å². The van der Waals surface area contributed by atoms with Gasteiger partial charge in [0.2, 0.25) is 53.2 Å². The predicted octanol–water partition coefficient (Wildman–Crippen LogP) is -8.93. The van der Waals surface area contributed by atoms with Crippen molar-refractivity contribution in [2.45, 2.75) is 114 Å². The van der Waals surface area contributed by atoms with Crippen LogP contribution in [0.2, 0.25) is 0 Å². The van der Waals surface area contributed by atoms with Crippen LogP contribution in [-0.2, 0) is 61.8 Å². The van der Waals surface area contributed by atoms with E-state index in [-0.39, 0.29) is 50.7 Å². The van der Waals surface area contributed by atoms with Gasteiger partial charge in [0.05, 0.1) is 44.7 Å². The molecule has 31 nitrogen and oxygen atoms in total. The van der Waals surface area contributed by atoms with Crippen molar-refractivity contribution in [2.24, 2.45) is 33.8 Å². The summed E-state index contributed by atoms with van der Waals surface area (Å²) >= 11 is 0. The first-order chi connectivity index (χ1) is 31.6. The summed E-state index contributed by atoms with van der Waals surface area (Å²) in [5, 5.41) is 44.2. The van der Waals surface area contributed by atoms with Crippen LogP contribution in [0.4, 0.5) is 0 Å². The summed E-state index contributed by atoms with van der Waals surface area (Å²) in [5.74, 6) is -12.0. The molecule has 0 bridgehead atoms. The zero-order chi connectivity index (χ0) is 52.1. The van der Waals surface area contributed by atoms with Crippen LogP contribution < -0.4 is 60.2 Å². The van der Waals surface area contributed by atoms with Crippen molar-refractivity contribution in [2.75, 3.05) is 32.9 Å². The number of likely N-dealkylation sites (tertiary alicyclic amines) is 1. The molecule has 1 rings (SSSR count). The van der Waals surface area contributed by atoms with E-state index in [9.17, 15) is 77.3 Å². The van der Waals surface area contributed by atoms with Gasteiger partial charge in [-0.25, -0.2) is 4.57 Å². The second kappa shape index (κ2) is 28.7. The monoisotopic (exact) mass is 995 g/mol. The van der Waals surface area contributed by atoms with Gasteiger partial charge >= 0.3 is 13.8 Å². The molecule has 68 heavy (non-hydrogen) atoms. The minimum atomic E-state index is -5.35. The van der Waals surface area contributed by atoms with Crippen molar-refractivity contribution >= 4 is 79.2 Å². The van der Waals surface area contributed by atoms with E-state index in [0.29, 0.717) is 6.29 Å². The molecule has 0 radical (unpaired) electrons. The molecule has 0 aliphatic carbocycles. The molecule has 32 heteroatoms. The number of aliphatic hydroxyl groups excluding tert-OH is 2. The summed E-state index contributed by atoms with van der Waals surface area (Å²) in [6.07, 6.45) is -0.886. The number of phosphoric ester groups is 1. The predicted molar refractivity (Wildman–Crippen MR) is 231 cm³/mol. The van der Waals surface area contributed by atoms with Crippen molar-refractivity contribution in [1.82, 2.24) is 42.1 Å². The van der Waals surface area contributed by atoms with E-state index in [4.69, 9.17) is 28.0 Å². The van der Waals surface area contributed by atoms with E-state index in [0.717, 1.165) is 11.8 Å². The van der Waals surface area contributed by atoms with Crippen molar-refractivity contribution < 1.29 is 86.9 Å². The van der Waals surface area contributed by atoms with Crippen LogP contribution in [0.25, 0.3) is 0 Å². The molecule has 1 fully saturated rings. The summed E-state index contributed by atoms with van der Waals surface area (Å²) in [7, 11) is -5.35. The zero-order valence-electron chi connectivity index (χ0n) is 37.3. The summed E-state index contributed by atoms with van der Waals surface area (Å²) in [6.45, 7) is 0.679. The van der Waals surface area contributed by atoms with Gasteiger partial charge in [0.25, 0.3) is 0 Å². The Morgan fingerprint density at radius 1 is 0.750 bits per heavy atom. The molecular formula is C36H62N13O18P. The molecule has 384 valence electrons. The minimum absolute atomic E-state index is 0.0420. The number of phosphoric acid groups is 1. The molecule has 0 unspecified atom stereocenters. The number of nitrogens with one attached hydrogen (secondary N) is 7. The molecule has 1 heterocycles. The number of guanidine groups is 1. The largest absolute Gasteiger partial charge is 0.481 e. The number of primary amides is 1. The molecule has 0 aromatic carbocycles. The highest BCUT2D eigenvalue weighted by atomic mass is 31.2. The lowest BCUT2D eigenvalue weighted by Gasteiger charge is -2.29. The third-order valence-corrected chi connectivity index (χ3v) is 10.2. The number of hydrogen-bond acceptors (Lipinski definition) is 17. The number of carboxylic acids is 1. The van der Waals surface area contributed by atoms with Crippen LogP contribution in [-0.4, -0.2) is 189 Å². The van der Waals surface area contributed by atoms with Gasteiger partial charge in [0.15, 0.2) is 5.96 Å². The average Bonchev–Trinajstić information content (AvgIpc) is 3.74. The zero-order valence-corrected chi connectivity index (χ0v) is 38.2. The molecule has 0 aromatic heterocycles. The molecule has 9 atom stereocenters. The lowest BCUT2D eigenvalue weighted by Crippen LogP contribution is -2.61. The van der Waals surface area contributed by atoms with Crippen LogP contribution in [0.3, 0.4) is 0 Å². The Morgan fingerprint density at radius 2 is 1.26 bits per heavy atom. The fourth-order valence-corrected chi connectivity index (χ4v) is 6.46. The number of aliphatic carboxylic acids is 1. The minimum Gasteiger partial charge on any atom is -0.481 e. The second-order valence-corrected chi connectivity index (χ2v) is 16.9. The number of aliphatic hydroxyl groups is 2. The van der Waals surface area contributed by atoms with E-state index in [1.807, 2.05) is 10.6 Å². The van der Waals surface area contributed by atoms with E-state index < -0.39 is 154 Å². The van der Waals surface area contributed by atoms with E-state index in [1.54, 1.807) is 13.8 Å². The number of amides is 9. The van der Waals surface area contributed by atoms with Crippen LogP contribution in [0, 0.1) is 5.92 Å². The number of aldehydes is 1. The van der Waals surface area contributed by atoms with Gasteiger partial charge in [-0.1, -0.05) is 13.8 Å². The first-order valence-corrected chi connectivity index (χ1v) is 22.3. The van der Waals surface area contributed by atoms with Crippen molar-refractivity contribution in [3.05, 3.63) is 0 Å². The van der Waals surface area contributed by atoms with Crippen LogP contribution in [0.15, 0.2) is 4.99 Å². The maximum absolute atomic E-state index is 13.6. The normalized spacial score (nSPS) is 17.0. The lowest BCUT2D eigenvalue weighted by atomic mass is 10.0. The molecule has 1 saturated heterocycles. The highest BCUT2D eigenvalue weighted by molar-refractivity contribution is 7.46. The molecule has 1 aliphatic rings. The Bertz CT molecular complexity index is 1920. The standard InChI is InChI=1S/C36H62N13O18P/c1-16(2)21(12-50)45-30(58)20(11-26(38)53)44-34(62)25-7-5-9-49(25)35(63)17(3)42-33(61)24(15-67-68(64,65)66)48-32(60)23(14-52)47-31(59)22(13-51)46-29(57)19(6-4-8-41-36(39)40)43-28(56)18(37)10-27(54)55/h12,16-25,51-52H,4-11,13-15,37H2,1-3H3,(H2,38,53)(H,42,61)(H,43,56)(H,44,62)(H,45,58)(H,46,57)(H,47,59)(H,48,60)(H,54,55)(H4,39,40,41)(H2,64,65,66)/t17-,18-,19-,20-,21+,22-,23-,24-,25-/m0/s1. The van der Waals surface area contributed by atoms with E-state index in [2.05, 4.69) is 36.1 Å². The van der Waals surface area contributed by atoms with Gasteiger partial charge in [0, 0.05) is 13.1 Å². The highest BCUT2D eigenvalue weighted by Crippen LogP contribution is 2.35. The van der Waals surface area contributed by atoms with Gasteiger partial charge in [-0.2, -0.15) is 0 Å². The Balaban J connectivity index is 3.20. The van der Waals surface area contributed by atoms with Crippen molar-refractivity contribution in [3.63, 3.8) is 0 Å². The number of carboxylic acid groups (broad SMARTS) is 1. The summed E-state index contributed by atoms with van der Waals surface area (Å²) in [6, 6.07) is -14.4. The smallest absolute Gasteiger partial charge is 0.469 e. The number of aliphatic imine (C=N–C) groups is 1. The third-order valence-electron chi connectivity index (χ3n) is 9.76. The summed E-state index contributed by atoms with van der Waals surface area (Å²) in [4.78, 5) is 163. The summed E-state index contributed by atoms with van der Waals surface area (Å²) in [5.41, 5.74) is 21.4. The third kappa shape index (κ3) is 21.1. The van der Waals surface area contributed by atoms with Crippen molar-refractivity contribution in [1.29, 1.82) is 0 Å². The molecule has 1 aliphatic heterocycles. The molecule has 9 amide bonds. The van der Waals surface area contributed by atoms with Gasteiger partial charge in [-0.15, -0.1) is 0 Å². The van der Waals surface area contributed by atoms with Gasteiger partial charge in [0.1, 0.15) is 48.6 Å².